The first kappa shape index (κ1) is 23.2. The average Bonchev–Trinajstić information content (AvgIpc) is 3.26. The van der Waals surface area contributed by atoms with Gasteiger partial charge >= 0.3 is 6.03 Å². The van der Waals surface area contributed by atoms with Crippen molar-refractivity contribution < 1.29 is 14.6 Å². The number of hydrogen-bond donors (Lipinski definition) is 3. The number of halogens is 1. The van der Waals surface area contributed by atoms with Crippen LogP contribution in [-0.4, -0.2) is 51.0 Å². The number of aliphatic hydroxyl groups excluding tert-OH is 1. The maximum Gasteiger partial charge on any atom is 0.319 e. The summed E-state index contributed by atoms with van der Waals surface area (Å²) in [6.07, 6.45) is 4.49. The molecule has 0 unspecified atom stereocenters. The molecule has 1 aromatic heterocycles. The summed E-state index contributed by atoms with van der Waals surface area (Å²) in [7, 11) is 0. The van der Waals surface area contributed by atoms with Crippen LogP contribution in [0.25, 0.3) is 0 Å². The summed E-state index contributed by atoms with van der Waals surface area (Å²) in [5.74, 6) is 0. The van der Waals surface area contributed by atoms with Crippen molar-refractivity contribution in [1.82, 2.24) is 20.3 Å². The van der Waals surface area contributed by atoms with Gasteiger partial charge in [0.15, 0.2) is 0 Å². The van der Waals surface area contributed by atoms with Gasteiger partial charge in [0, 0.05) is 29.9 Å². The summed E-state index contributed by atoms with van der Waals surface area (Å²) < 4.78 is 7.90. The molecule has 3 atom stereocenters. The molecule has 2 amide bonds. The Bertz CT molecular complexity index is 1050. The number of carbonyl (C=O) groups is 1. The van der Waals surface area contributed by atoms with Gasteiger partial charge in [0.05, 0.1) is 24.4 Å². The number of benzene rings is 2. The fourth-order valence-electron chi connectivity index (χ4n) is 4.02. The molecular weight excluding hydrogens is 442 g/mol. The van der Waals surface area contributed by atoms with Crippen molar-refractivity contribution >= 4 is 23.3 Å². The Hall–Kier alpha value is -2.94. The number of hydrogen-bond acceptors (Lipinski definition) is 5. The molecule has 1 aliphatic rings. The average molecular weight is 470 g/mol. The predicted molar refractivity (Wildman–Crippen MR) is 126 cm³/mol. The van der Waals surface area contributed by atoms with Crippen molar-refractivity contribution in [2.45, 2.75) is 50.5 Å². The SMILES string of the molecule is O=C(Nc1cccc(Cl)c1)N[C@H]1CC[C@@H](CCn2cc(Cc3ccccc3)nn2)O[C@H]1CO. The van der Waals surface area contributed by atoms with E-state index in [1.54, 1.807) is 24.3 Å². The minimum Gasteiger partial charge on any atom is -0.394 e. The summed E-state index contributed by atoms with van der Waals surface area (Å²) in [4.78, 5) is 12.4. The fourth-order valence-corrected chi connectivity index (χ4v) is 4.21. The topological polar surface area (TPSA) is 101 Å². The lowest BCUT2D eigenvalue weighted by molar-refractivity contribution is -0.0905. The van der Waals surface area contributed by atoms with Crippen LogP contribution in [0.2, 0.25) is 5.02 Å². The number of amides is 2. The van der Waals surface area contributed by atoms with E-state index in [4.69, 9.17) is 16.3 Å². The minimum absolute atomic E-state index is 0.0158. The van der Waals surface area contributed by atoms with E-state index in [0.717, 1.165) is 31.4 Å². The lowest BCUT2D eigenvalue weighted by Crippen LogP contribution is -2.52. The summed E-state index contributed by atoms with van der Waals surface area (Å²) >= 11 is 5.96. The van der Waals surface area contributed by atoms with E-state index in [9.17, 15) is 9.90 Å². The number of urea groups is 1. The lowest BCUT2D eigenvalue weighted by Gasteiger charge is -2.36. The van der Waals surface area contributed by atoms with Gasteiger partial charge in [-0.05, 0) is 43.0 Å². The summed E-state index contributed by atoms with van der Waals surface area (Å²) in [5, 5.41) is 24.5. The van der Waals surface area contributed by atoms with E-state index >= 15 is 0 Å². The number of ether oxygens (including phenoxy) is 1. The van der Waals surface area contributed by atoms with Gasteiger partial charge in [0.1, 0.15) is 6.10 Å². The van der Waals surface area contributed by atoms with Crippen molar-refractivity contribution in [2.24, 2.45) is 0 Å². The highest BCUT2D eigenvalue weighted by atomic mass is 35.5. The van der Waals surface area contributed by atoms with Gasteiger partial charge in [-0.2, -0.15) is 0 Å². The molecule has 3 aromatic rings. The number of nitrogens with zero attached hydrogens (tertiary/aromatic N) is 3. The monoisotopic (exact) mass is 469 g/mol. The molecule has 1 fully saturated rings. The maximum atomic E-state index is 12.4. The van der Waals surface area contributed by atoms with Crippen molar-refractivity contribution in [2.75, 3.05) is 11.9 Å². The molecule has 0 saturated carbocycles. The first-order chi connectivity index (χ1) is 16.1. The van der Waals surface area contributed by atoms with Gasteiger partial charge < -0.3 is 20.5 Å². The number of aliphatic hydroxyl groups is 1. The Morgan fingerprint density at radius 2 is 2.03 bits per heavy atom. The van der Waals surface area contributed by atoms with E-state index in [1.165, 1.54) is 5.56 Å². The van der Waals surface area contributed by atoms with E-state index in [2.05, 4.69) is 33.1 Å². The zero-order valence-electron chi connectivity index (χ0n) is 18.2. The molecule has 9 heteroatoms. The molecule has 0 spiro atoms. The van der Waals surface area contributed by atoms with Crippen LogP contribution in [0.5, 0.6) is 0 Å². The highest BCUT2D eigenvalue weighted by Gasteiger charge is 2.31. The largest absolute Gasteiger partial charge is 0.394 e. The number of anilines is 1. The second-order valence-electron chi connectivity index (χ2n) is 8.20. The smallest absolute Gasteiger partial charge is 0.319 e. The number of nitrogens with one attached hydrogen (secondary N) is 2. The standard InChI is InChI=1S/C24H28ClN5O3/c25-18-7-4-8-19(14-18)26-24(32)27-22-10-9-21(33-23(22)16-31)11-12-30-15-20(28-29-30)13-17-5-2-1-3-6-17/h1-8,14-15,21-23,31H,9-13,16H2,(H2,26,27,32)/t21-,22-,23-/m0/s1. The molecule has 2 heterocycles. The first-order valence-corrected chi connectivity index (χ1v) is 11.5. The molecule has 8 nitrogen and oxygen atoms in total. The highest BCUT2D eigenvalue weighted by molar-refractivity contribution is 6.30. The van der Waals surface area contributed by atoms with Gasteiger partial charge in [-0.1, -0.05) is 53.2 Å². The second-order valence-corrected chi connectivity index (χ2v) is 8.63. The van der Waals surface area contributed by atoms with Crippen LogP contribution in [0.3, 0.4) is 0 Å². The van der Waals surface area contributed by atoms with Crippen LogP contribution in [0.4, 0.5) is 10.5 Å². The molecule has 2 aromatic carbocycles. The van der Waals surface area contributed by atoms with Crippen LogP contribution in [0.15, 0.2) is 60.8 Å². The number of aromatic nitrogens is 3. The minimum atomic E-state index is -0.460. The molecule has 0 radical (unpaired) electrons. The Labute approximate surface area is 197 Å². The second kappa shape index (κ2) is 11.3. The molecule has 1 aliphatic heterocycles. The van der Waals surface area contributed by atoms with Crippen molar-refractivity contribution in [3.05, 3.63) is 77.1 Å². The summed E-state index contributed by atoms with van der Waals surface area (Å²) in [5.41, 5.74) is 2.73. The molecular formula is C24H28ClN5O3. The normalized spacial score (nSPS) is 20.4. The van der Waals surface area contributed by atoms with Crippen molar-refractivity contribution in [3.8, 4) is 0 Å². The zero-order chi connectivity index (χ0) is 23.0. The van der Waals surface area contributed by atoms with Crippen LogP contribution in [-0.2, 0) is 17.7 Å². The number of rotatable bonds is 8. The van der Waals surface area contributed by atoms with E-state index in [-0.39, 0.29) is 24.8 Å². The quantitative estimate of drug-likeness (QED) is 0.467. The fraction of sp³-hybridized carbons (Fsp3) is 0.375. The van der Waals surface area contributed by atoms with E-state index in [1.807, 2.05) is 29.1 Å². The third-order valence-corrected chi connectivity index (χ3v) is 5.92. The third-order valence-electron chi connectivity index (χ3n) is 5.69. The highest BCUT2D eigenvalue weighted by Crippen LogP contribution is 2.23. The molecule has 4 rings (SSSR count). The summed E-state index contributed by atoms with van der Waals surface area (Å²) in [6, 6.07) is 16.5. The van der Waals surface area contributed by atoms with Gasteiger partial charge in [0.2, 0.25) is 0 Å². The van der Waals surface area contributed by atoms with Crippen LogP contribution in [0.1, 0.15) is 30.5 Å². The molecule has 174 valence electrons. The van der Waals surface area contributed by atoms with Crippen molar-refractivity contribution in [1.29, 1.82) is 0 Å². The van der Waals surface area contributed by atoms with Gasteiger partial charge in [-0.25, -0.2) is 4.79 Å². The molecule has 0 aliphatic carbocycles. The number of aryl methyl sites for hydroxylation is 1. The molecule has 0 bridgehead atoms. The van der Waals surface area contributed by atoms with Gasteiger partial charge in [-0.15, -0.1) is 5.10 Å². The summed E-state index contributed by atoms with van der Waals surface area (Å²) in [6.45, 7) is 0.515. The van der Waals surface area contributed by atoms with Gasteiger partial charge in [-0.3, -0.25) is 4.68 Å². The lowest BCUT2D eigenvalue weighted by atomic mass is 9.97. The predicted octanol–water partition coefficient (Wildman–Crippen LogP) is 3.64. The Morgan fingerprint density at radius 3 is 2.82 bits per heavy atom. The van der Waals surface area contributed by atoms with Crippen LogP contribution >= 0.6 is 11.6 Å². The van der Waals surface area contributed by atoms with Crippen molar-refractivity contribution in [3.63, 3.8) is 0 Å². The molecule has 33 heavy (non-hydrogen) atoms. The van der Waals surface area contributed by atoms with Crippen LogP contribution in [0, 0.1) is 0 Å². The third kappa shape index (κ3) is 6.77. The molecule has 1 saturated heterocycles. The van der Waals surface area contributed by atoms with E-state index in [0.29, 0.717) is 17.3 Å². The molecule has 3 N–H and O–H groups in total. The first-order valence-electron chi connectivity index (χ1n) is 11.1. The Morgan fingerprint density at radius 1 is 1.18 bits per heavy atom. The van der Waals surface area contributed by atoms with Crippen LogP contribution < -0.4 is 10.6 Å². The number of carbonyl (C=O) groups excluding carboxylic acids is 1. The Kier molecular flexibility index (Phi) is 7.93. The Balaban J connectivity index is 1.23. The maximum absolute atomic E-state index is 12.4. The van der Waals surface area contributed by atoms with E-state index < -0.39 is 6.10 Å². The zero-order valence-corrected chi connectivity index (χ0v) is 19.0. The van der Waals surface area contributed by atoms with Gasteiger partial charge in [0.25, 0.3) is 0 Å².